The summed E-state index contributed by atoms with van der Waals surface area (Å²) in [6, 6.07) is -0.0752. The fourth-order valence-electron chi connectivity index (χ4n) is 0.778. The summed E-state index contributed by atoms with van der Waals surface area (Å²) >= 11 is 1.30. The molecule has 1 heterocycles. The van der Waals surface area contributed by atoms with E-state index in [1.807, 2.05) is 12.3 Å². The minimum Gasteiger partial charge on any atom is -0.271 e. The summed E-state index contributed by atoms with van der Waals surface area (Å²) < 4.78 is 3.73. The quantitative estimate of drug-likeness (QED) is 0.396. The molecule has 0 aliphatic carbocycles. The van der Waals surface area contributed by atoms with Crippen LogP contribution in [0.3, 0.4) is 0 Å². The van der Waals surface area contributed by atoms with Gasteiger partial charge >= 0.3 is 0 Å². The van der Waals surface area contributed by atoms with E-state index in [0.717, 1.165) is 11.3 Å². The molecule has 0 amide bonds. The number of hydrogen-bond acceptors (Lipinski definition) is 5. The number of nitrogens with two attached hydrogens (primary N) is 1. The molecule has 0 aliphatic heterocycles. The van der Waals surface area contributed by atoms with E-state index in [1.54, 1.807) is 0 Å². The monoisotopic (exact) mass is 170 g/mol. The molecule has 0 saturated heterocycles. The molecule has 11 heavy (non-hydrogen) atoms. The van der Waals surface area contributed by atoms with E-state index in [4.69, 9.17) is 5.84 Å². The first-order valence-corrected chi connectivity index (χ1v) is 3.98. The molecule has 0 spiro atoms. The third kappa shape index (κ3) is 1.83. The van der Waals surface area contributed by atoms with Crippen molar-refractivity contribution in [3.63, 3.8) is 0 Å². The molecule has 3 N–H and O–H groups in total. The van der Waals surface area contributed by atoms with E-state index in [0.29, 0.717) is 0 Å². The second-order valence-electron chi connectivity index (χ2n) is 2.28. The van der Waals surface area contributed by atoms with Gasteiger partial charge in [0.25, 0.3) is 0 Å². The van der Waals surface area contributed by atoms with Gasteiger partial charge in [-0.3, -0.25) is 5.84 Å². The van der Waals surface area contributed by atoms with Gasteiger partial charge in [0.1, 0.15) is 0 Å². The highest BCUT2D eigenvalue weighted by Crippen LogP contribution is 2.16. The molecule has 0 radical (unpaired) electrons. The molecule has 0 aliphatic rings. The predicted octanol–water partition coefficient (Wildman–Crippen LogP) is 0.619. The van der Waals surface area contributed by atoms with Gasteiger partial charge in [0.2, 0.25) is 0 Å². The zero-order valence-electron chi connectivity index (χ0n) is 6.24. The van der Waals surface area contributed by atoms with Gasteiger partial charge in [-0.15, -0.1) is 5.10 Å². The van der Waals surface area contributed by atoms with Crippen molar-refractivity contribution in [2.45, 2.75) is 13.0 Å². The van der Waals surface area contributed by atoms with Crippen LogP contribution in [0.15, 0.2) is 17.5 Å². The minimum absolute atomic E-state index is 0.0752. The molecule has 0 saturated carbocycles. The maximum absolute atomic E-state index is 5.29. The van der Waals surface area contributed by atoms with Crippen molar-refractivity contribution in [3.8, 4) is 0 Å². The molecule has 1 aromatic rings. The summed E-state index contributed by atoms with van der Waals surface area (Å²) in [5, 5.41) is 5.72. The number of rotatable bonds is 3. The number of nitrogens with one attached hydrogen (secondary N) is 1. The average Bonchev–Trinajstić information content (AvgIpc) is 2.40. The average molecular weight is 170 g/mol. The van der Waals surface area contributed by atoms with Gasteiger partial charge in [-0.1, -0.05) is 16.6 Å². The Balaban J connectivity index is 2.79. The number of nitrogens with zero attached hydrogens (tertiary/aromatic N) is 2. The van der Waals surface area contributed by atoms with Crippen LogP contribution in [0.4, 0.5) is 0 Å². The Morgan fingerprint density at radius 2 is 2.64 bits per heavy atom. The predicted molar refractivity (Wildman–Crippen MR) is 44.8 cm³/mol. The van der Waals surface area contributed by atoms with E-state index in [-0.39, 0.29) is 6.04 Å². The third-order valence-electron chi connectivity index (χ3n) is 1.33. The van der Waals surface area contributed by atoms with Crippen LogP contribution in [0.1, 0.15) is 18.7 Å². The van der Waals surface area contributed by atoms with Crippen LogP contribution >= 0.6 is 11.5 Å². The minimum atomic E-state index is -0.0752. The molecule has 4 nitrogen and oxygen atoms in total. The third-order valence-corrected chi connectivity index (χ3v) is 1.85. The molecule has 0 aromatic carbocycles. The summed E-state index contributed by atoms with van der Waals surface area (Å²) in [6.45, 7) is 5.67. The van der Waals surface area contributed by atoms with Crippen LogP contribution in [0.5, 0.6) is 0 Å². The summed E-state index contributed by atoms with van der Waals surface area (Å²) in [5.41, 5.74) is 4.36. The maximum atomic E-state index is 5.29. The standard InChI is InChI=1S/C6H10N4S/c1-4(2)6(8-7)5-3-11-10-9-5/h3,6,8H,1,7H2,2H3. The van der Waals surface area contributed by atoms with Gasteiger partial charge in [-0.2, -0.15) is 0 Å². The lowest BCUT2D eigenvalue weighted by atomic mass is 10.1. The number of hydrazine groups is 1. The van der Waals surface area contributed by atoms with Gasteiger partial charge in [0.05, 0.1) is 11.7 Å². The fourth-order valence-corrected chi connectivity index (χ4v) is 1.26. The van der Waals surface area contributed by atoms with Crippen LogP contribution in [0.25, 0.3) is 0 Å². The SMILES string of the molecule is C=C(C)C(NN)c1csnn1. The van der Waals surface area contributed by atoms with Crippen molar-refractivity contribution in [2.75, 3.05) is 0 Å². The Morgan fingerprint density at radius 3 is 3.00 bits per heavy atom. The first kappa shape index (κ1) is 8.32. The Labute approximate surface area is 69.3 Å². The Morgan fingerprint density at radius 1 is 1.91 bits per heavy atom. The van der Waals surface area contributed by atoms with Crippen molar-refractivity contribution in [1.82, 2.24) is 15.0 Å². The van der Waals surface area contributed by atoms with Gasteiger partial charge in [-0.25, -0.2) is 5.43 Å². The van der Waals surface area contributed by atoms with Crippen LogP contribution in [0, 0.1) is 0 Å². The fraction of sp³-hybridized carbons (Fsp3) is 0.333. The van der Waals surface area contributed by atoms with Crippen molar-refractivity contribution in [3.05, 3.63) is 23.2 Å². The van der Waals surface area contributed by atoms with E-state index in [9.17, 15) is 0 Å². The van der Waals surface area contributed by atoms with E-state index in [2.05, 4.69) is 21.6 Å². The first-order chi connectivity index (χ1) is 5.25. The van der Waals surface area contributed by atoms with Gasteiger partial charge in [0, 0.05) is 5.38 Å². The summed E-state index contributed by atoms with van der Waals surface area (Å²) in [7, 11) is 0. The smallest absolute Gasteiger partial charge is 0.0979 e. The molecule has 1 unspecified atom stereocenters. The zero-order chi connectivity index (χ0) is 8.27. The normalized spacial score (nSPS) is 12.9. The summed E-state index contributed by atoms with van der Waals surface area (Å²) in [6.07, 6.45) is 0. The van der Waals surface area contributed by atoms with Crippen molar-refractivity contribution < 1.29 is 0 Å². The van der Waals surface area contributed by atoms with Gasteiger partial charge < -0.3 is 0 Å². The lowest BCUT2D eigenvalue weighted by Gasteiger charge is -2.11. The van der Waals surface area contributed by atoms with Crippen LogP contribution < -0.4 is 11.3 Å². The van der Waals surface area contributed by atoms with E-state index >= 15 is 0 Å². The lowest BCUT2D eigenvalue weighted by Crippen LogP contribution is -2.28. The summed E-state index contributed by atoms with van der Waals surface area (Å²) in [5.74, 6) is 5.29. The van der Waals surface area contributed by atoms with Crippen LogP contribution in [0.2, 0.25) is 0 Å². The van der Waals surface area contributed by atoms with Crippen LogP contribution in [-0.4, -0.2) is 9.59 Å². The molecule has 1 aromatic heterocycles. The Hall–Kier alpha value is -0.780. The van der Waals surface area contributed by atoms with Crippen molar-refractivity contribution in [2.24, 2.45) is 5.84 Å². The molecule has 60 valence electrons. The van der Waals surface area contributed by atoms with Crippen molar-refractivity contribution >= 4 is 11.5 Å². The summed E-state index contributed by atoms with van der Waals surface area (Å²) in [4.78, 5) is 0. The second-order valence-corrected chi connectivity index (χ2v) is 2.89. The topological polar surface area (TPSA) is 63.8 Å². The Kier molecular flexibility index (Phi) is 2.70. The van der Waals surface area contributed by atoms with Crippen LogP contribution in [-0.2, 0) is 0 Å². The number of aromatic nitrogens is 2. The highest BCUT2D eigenvalue weighted by atomic mass is 32.1. The largest absolute Gasteiger partial charge is 0.271 e. The Bertz CT molecular complexity index is 231. The molecular weight excluding hydrogens is 160 g/mol. The van der Waals surface area contributed by atoms with Gasteiger partial charge in [0.15, 0.2) is 0 Å². The van der Waals surface area contributed by atoms with E-state index < -0.39 is 0 Å². The molecule has 0 fully saturated rings. The van der Waals surface area contributed by atoms with Crippen molar-refractivity contribution in [1.29, 1.82) is 0 Å². The molecule has 5 heteroatoms. The molecule has 0 bridgehead atoms. The molecule has 1 atom stereocenters. The molecule has 1 rings (SSSR count). The molecular formula is C6H10N4S. The maximum Gasteiger partial charge on any atom is 0.0979 e. The lowest BCUT2D eigenvalue weighted by molar-refractivity contribution is 0.609. The number of hydrogen-bond donors (Lipinski definition) is 2. The van der Waals surface area contributed by atoms with Gasteiger partial charge in [-0.05, 0) is 18.5 Å². The highest BCUT2D eigenvalue weighted by molar-refractivity contribution is 7.03. The first-order valence-electron chi connectivity index (χ1n) is 3.14. The second kappa shape index (κ2) is 3.56. The van der Waals surface area contributed by atoms with E-state index in [1.165, 1.54) is 11.5 Å². The highest BCUT2D eigenvalue weighted by Gasteiger charge is 2.11. The zero-order valence-corrected chi connectivity index (χ0v) is 7.06.